The number of hydrogen-bond donors (Lipinski definition) is 0. The molecule has 4 rings (SSSR count). The van der Waals surface area contributed by atoms with E-state index in [9.17, 15) is 4.79 Å². The van der Waals surface area contributed by atoms with Gasteiger partial charge in [0.05, 0.1) is 0 Å². The largest absolute Gasteiger partial charge is 0.341 e. The van der Waals surface area contributed by atoms with Gasteiger partial charge in [-0.3, -0.25) is 4.79 Å². The summed E-state index contributed by atoms with van der Waals surface area (Å²) in [4.78, 5) is 23.4. The van der Waals surface area contributed by atoms with E-state index in [4.69, 9.17) is 4.52 Å². The van der Waals surface area contributed by atoms with Crippen molar-refractivity contribution in [2.24, 2.45) is 5.41 Å². The molecule has 25 heavy (non-hydrogen) atoms. The van der Waals surface area contributed by atoms with E-state index >= 15 is 0 Å². The first-order valence-corrected chi connectivity index (χ1v) is 9.56. The van der Waals surface area contributed by atoms with Gasteiger partial charge in [0.1, 0.15) is 0 Å². The number of hydrogen-bond acceptors (Lipinski definition) is 6. The summed E-state index contributed by atoms with van der Waals surface area (Å²) < 4.78 is 5.45. The van der Waals surface area contributed by atoms with Crippen LogP contribution in [-0.4, -0.2) is 72.7 Å². The van der Waals surface area contributed by atoms with E-state index in [2.05, 4.69) is 38.9 Å². The van der Waals surface area contributed by atoms with Gasteiger partial charge in [-0.05, 0) is 51.4 Å². The number of nitrogens with zero attached hydrogens (tertiary/aromatic N) is 5. The number of carbonyl (C=O) groups excluding carboxylic acids is 1. The van der Waals surface area contributed by atoms with Crippen molar-refractivity contribution in [3.05, 3.63) is 5.89 Å². The van der Waals surface area contributed by atoms with Gasteiger partial charge in [-0.1, -0.05) is 0 Å². The van der Waals surface area contributed by atoms with Crippen LogP contribution in [0, 0.1) is 5.41 Å². The van der Waals surface area contributed by atoms with Gasteiger partial charge < -0.3 is 19.2 Å². The van der Waals surface area contributed by atoms with E-state index in [1.54, 1.807) is 0 Å². The number of piperidine rings is 2. The van der Waals surface area contributed by atoms with Gasteiger partial charge in [0, 0.05) is 50.5 Å². The van der Waals surface area contributed by atoms with E-state index in [-0.39, 0.29) is 5.41 Å². The van der Waals surface area contributed by atoms with E-state index in [1.165, 1.54) is 19.3 Å². The molecule has 1 spiro atoms. The third kappa shape index (κ3) is 3.66. The third-order valence-electron chi connectivity index (χ3n) is 5.87. The van der Waals surface area contributed by atoms with E-state index in [0.29, 0.717) is 18.2 Å². The Kier molecular flexibility index (Phi) is 4.43. The molecule has 1 amide bonds. The van der Waals surface area contributed by atoms with Gasteiger partial charge in [-0.25, -0.2) is 0 Å². The predicted octanol–water partition coefficient (Wildman–Crippen LogP) is 1.72. The Morgan fingerprint density at radius 3 is 2.88 bits per heavy atom. The van der Waals surface area contributed by atoms with Crippen LogP contribution in [-0.2, 0) is 4.79 Å². The van der Waals surface area contributed by atoms with Crippen LogP contribution >= 0.6 is 0 Å². The fourth-order valence-electron chi connectivity index (χ4n) is 4.19. The average Bonchev–Trinajstić information content (AvgIpc) is 3.33. The maximum Gasteiger partial charge on any atom is 0.266 e. The van der Waals surface area contributed by atoms with Crippen molar-refractivity contribution in [3.8, 4) is 0 Å². The zero-order valence-corrected chi connectivity index (χ0v) is 15.4. The van der Waals surface area contributed by atoms with Crippen molar-refractivity contribution in [1.82, 2.24) is 19.9 Å². The van der Waals surface area contributed by atoms with Gasteiger partial charge in [0.15, 0.2) is 0 Å². The van der Waals surface area contributed by atoms with Crippen LogP contribution in [0.1, 0.15) is 50.3 Å². The Balaban J connectivity index is 1.44. The number of anilines is 1. The summed E-state index contributed by atoms with van der Waals surface area (Å²) in [5, 5.41) is 4.23. The molecule has 1 saturated carbocycles. The molecule has 3 aliphatic rings. The molecule has 2 aliphatic heterocycles. The van der Waals surface area contributed by atoms with Crippen LogP contribution in [0.5, 0.6) is 0 Å². The second-order valence-electron chi connectivity index (χ2n) is 8.35. The lowest BCUT2D eigenvalue weighted by atomic mass is 9.73. The highest BCUT2D eigenvalue weighted by molar-refractivity contribution is 5.77. The second kappa shape index (κ2) is 6.59. The van der Waals surface area contributed by atoms with Crippen molar-refractivity contribution >= 4 is 11.9 Å². The normalized spacial score (nSPS) is 27.6. The summed E-state index contributed by atoms with van der Waals surface area (Å²) in [6.07, 6.45) is 6.31. The molecule has 7 heteroatoms. The van der Waals surface area contributed by atoms with Crippen LogP contribution in [0.4, 0.5) is 5.95 Å². The maximum absolute atomic E-state index is 12.3. The highest BCUT2D eigenvalue weighted by Crippen LogP contribution is 2.42. The fourth-order valence-corrected chi connectivity index (χ4v) is 4.19. The summed E-state index contributed by atoms with van der Waals surface area (Å²) in [6, 6.07) is 0. The maximum atomic E-state index is 12.3. The average molecular weight is 347 g/mol. The zero-order chi connectivity index (χ0) is 17.4. The van der Waals surface area contributed by atoms with Crippen molar-refractivity contribution in [2.45, 2.75) is 44.4 Å². The van der Waals surface area contributed by atoms with Crippen LogP contribution in [0.2, 0.25) is 0 Å². The topological polar surface area (TPSA) is 65.7 Å². The molecule has 138 valence electrons. The summed E-state index contributed by atoms with van der Waals surface area (Å²) in [5.74, 6) is 2.35. The lowest BCUT2D eigenvalue weighted by Gasteiger charge is -2.48. The molecule has 0 unspecified atom stereocenters. The van der Waals surface area contributed by atoms with Gasteiger partial charge >= 0.3 is 0 Å². The lowest BCUT2D eigenvalue weighted by Crippen LogP contribution is -2.55. The molecule has 0 N–H and O–H groups in total. The molecule has 3 heterocycles. The molecule has 0 bridgehead atoms. The van der Waals surface area contributed by atoms with Crippen LogP contribution in [0.3, 0.4) is 0 Å². The fraction of sp³-hybridized carbons (Fsp3) is 0.833. The van der Waals surface area contributed by atoms with Crippen LogP contribution in [0.15, 0.2) is 4.52 Å². The molecule has 2 saturated heterocycles. The number of carbonyl (C=O) groups is 1. The first-order chi connectivity index (χ1) is 12.0. The molecule has 1 aliphatic carbocycles. The molecule has 7 nitrogen and oxygen atoms in total. The van der Waals surface area contributed by atoms with E-state index < -0.39 is 0 Å². The Morgan fingerprint density at radius 2 is 2.12 bits per heavy atom. The van der Waals surface area contributed by atoms with Crippen molar-refractivity contribution in [2.75, 3.05) is 51.7 Å². The molecule has 1 aromatic rings. The van der Waals surface area contributed by atoms with Crippen molar-refractivity contribution in [3.63, 3.8) is 0 Å². The minimum atomic E-state index is 0.179. The Bertz CT molecular complexity index is 627. The zero-order valence-electron chi connectivity index (χ0n) is 15.4. The number of aromatic nitrogens is 2. The smallest absolute Gasteiger partial charge is 0.266 e. The highest BCUT2D eigenvalue weighted by Gasteiger charge is 2.42. The number of amides is 1. The minimum absolute atomic E-state index is 0.179. The summed E-state index contributed by atoms with van der Waals surface area (Å²) in [6.45, 7) is 4.52. The predicted molar refractivity (Wildman–Crippen MR) is 94.5 cm³/mol. The summed E-state index contributed by atoms with van der Waals surface area (Å²) in [5.41, 5.74) is 0.179. The van der Waals surface area contributed by atoms with Crippen LogP contribution < -0.4 is 4.90 Å². The lowest BCUT2D eigenvalue weighted by molar-refractivity contribution is -0.138. The Morgan fingerprint density at radius 1 is 1.28 bits per heavy atom. The van der Waals surface area contributed by atoms with Gasteiger partial charge in [0.25, 0.3) is 5.95 Å². The third-order valence-corrected chi connectivity index (χ3v) is 5.87. The number of likely N-dealkylation sites (N-methyl/N-ethyl adjacent to an activating group) is 1. The monoisotopic (exact) mass is 347 g/mol. The van der Waals surface area contributed by atoms with Gasteiger partial charge in [0.2, 0.25) is 11.8 Å². The second-order valence-corrected chi connectivity index (χ2v) is 8.35. The Hall–Kier alpha value is -1.63. The molecule has 1 aromatic heterocycles. The van der Waals surface area contributed by atoms with Crippen molar-refractivity contribution in [1.29, 1.82) is 0 Å². The first-order valence-electron chi connectivity index (χ1n) is 9.56. The SMILES string of the molecule is CN(C)CCN1C[C@@]2(CCCN(c3noc(C4CC4)n3)C2)CCC1=O. The van der Waals surface area contributed by atoms with Gasteiger partial charge in [-0.15, -0.1) is 0 Å². The molecular formula is C18H29N5O2. The quantitative estimate of drug-likeness (QED) is 0.808. The Labute approximate surface area is 149 Å². The molecular weight excluding hydrogens is 318 g/mol. The highest BCUT2D eigenvalue weighted by atomic mass is 16.5. The van der Waals surface area contributed by atoms with Gasteiger partial charge in [-0.2, -0.15) is 4.98 Å². The summed E-state index contributed by atoms with van der Waals surface area (Å²) in [7, 11) is 4.11. The minimum Gasteiger partial charge on any atom is -0.341 e. The number of rotatable bonds is 5. The van der Waals surface area contributed by atoms with E-state index in [1.807, 2.05) is 0 Å². The first kappa shape index (κ1) is 16.8. The standard InChI is InChI=1S/C18H29N5O2/c1-21(2)10-11-22-12-18(8-6-15(22)24)7-3-9-23(13-18)17-19-16(25-20-17)14-4-5-14/h14H,3-13H2,1-2H3/t18-/m1/s1. The summed E-state index contributed by atoms with van der Waals surface area (Å²) >= 11 is 0. The van der Waals surface area contributed by atoms with Crippen LogP contribution in [0.25, 0.3) is 0 Å². The molecule has 1 atom stereocenters. The molecule has 3 fully saturated rings. The van der Waals surface area contributed by atoms with Crippen molar-refractivity contribution < 1.29 is 9.32 Å². The molecule has 0 radical (unpaired) electrons. The number of likely N-dealkylation sites (tertiary alicyclic amines) is 1. The van der Waals surface area contributed by atoms with E-state index in [0.717, 1.165) is 57.4 Å². The molecule has 0 aromatic carbocycles.